The van der Waals surface area contributed by atoms with Gasteiger partial charge in [-0.25, -0.2) is 9.59 Å². The Morgan fingerprint density at radius 2 is 2.13 bits per heavy atom. The second-order valence-electron chi connectivity index (χ2n) is 5.26. The van der Waals surface area contributed by atoms with Gasteiger partial charge in [0.05, 0.1) is 19.3 Å². The molecule has 2 rings (SSSR count). The van der Waals surface area contributed by atoms with Crippen LogP contribution in [-0.4, -0.2) is 49.3 Å². The number of morpholine rings is 1. The molecule has 1 fully saturated rings. The number of hydrogen-bond acceptors (Lipinski definition) is 4. The van der Waals surface area contributed by atoms with Crippen LogP contribution in [0.3, 0.4) is 0 Å². The Morgan fingerprint density at radius 3 is 2.78 bits per heavy atom. The van der Waals surface area contributed by atoms with Gasteiger partial charge in [-0.15, -0.1) is 0 Å². The first-order valence-corrected chi connectivity index (χ1v) is 7.71. The van der Waals surface area contributed by atoms with Crippen LogP contribution in [0, 0.1) is 0 Å². The van der Waals surface area contributed by atoms with E-state index < -0.39 is 0 Å². The van der Waals surface area contributed by atoms with E-state index in [0.29, 0.717) is 32.0 Å². The zero-order valence-electron chi connectivity index (χ0n) is 13.5. The molecule has 0 saturated carbocycles. The van der Waals surface area contributed by atoms with Crippen LogP contribution in [0.2, 0.25) is 0 Å². The average Bonchev–Trinajstić information content (AvgIpc) is 2.54. The van der Waals surface area contributed by atoms with E-state index in [1.165, 1.54) is 6.08 Å². The van der Waals surface area contributed by atoms with E-state index in [1.54, 1.807) is 30.0 Å². The fourth-order valence-electron chi connectivity index (χ4n) is 2.24. The minimum absolute atomic E-state index is 0.0601. The highest BCUT2D eigenvalue weighted by Crippen LogP contribution is 2.13. The number of rotatable bonds is 4. The highest BCUT2D eigenvalue weighted by molar-refractivity contribution is 5.90. The van der Waals surface area contributed by atoms with Gasteiger partial charge in [-0.2, -0.15) is 0 Å². The number of hydrogen-bond donors (Lipinski definition) is 1. The van der Waals surface area contributed by atoms with Gasteiger partial charge in [0.25, 0.3) is 0 Å². The number of nitrogens with one attached hydrogen (secondary N) is 1. The molecule has 1 aliphatic rings. The predicted molar refractivity (Wildman–Crippen MR) is 88.1 cm³/mol. The van der Waals surface area contributed by atoms with Crippen molar-refractivity contribution in [1.29, 1.82) is 0 Å². The third kappa shape index (κ3) is 5.41. The maximum atomic E-state index is 12.2. The molecular weight excluding hydrogens is 296 g/mol. The molecule has 2 amide bonds. The molecule has 1 aromatic rings. The fourth-order valence-corrected chi connectivity index (χ4v) is 2.24. The maximum absolute atomic E-state index is 12.2. The Kier molecular flexibility index (Phi) is 6.17. The molecule has 1 atom stereocenters. The monoisotopic (exact) mass is 318 g/mol. The van der Waals surface area contributed by atoms with Gasteiger partial charge in [0.1, 0.15) is 0 Å². The van der Waals surface area contributed by atoms with Gasteiger partial charge in [0, 0.05) is 24.9 Å². The van der Waals surface area contributed by atoms with Crippen molar-refractivity contribution in [2.45, 2.75) is 20.0 Å². The molecule has 1 saturated heterocycles. The summed E-state index contributed by atoms with van der Waals surface area (Å²) >= 11 is 0. The fraction of sp³-hybridized carbons (Fsp3) is 0.412. The van der Waals surface area contributed by atoms with Crippen LogP contribution in [0.5, 0.6) is 0 Å². The molecule has 6 nitrogen and oxygen atoms in total. The number of esters is 1. The summed E-state index contributed by atoms with van der Waals surface area (Å²) in [7, 11) is 0. The molecular formula is C17H22N2O4. The van der Waals surface area contributed by atoms with Crippen LogP contribution in [-0.2, 0) is 14.3 Å². The van der Waals surface area contributed by atoms with Crippen molar-refractivity contribution in [3.8, 4) is 0 Å². The molecule has 1 aromatic carbocycles. The summed E-state index contributed by atoms with van der Waals surface area (Å²) in [6, 6.07) is 7.12. The van der Waals surface area contributed by atoms with Gasteiger partial charge < -0.3 is 19.7 Å². The number of anilines is 1. The van der Waals surface area contributed by atoms with Crippen LogP contribution in [0.15, 0.2) is 30.3 Å². The normalized spacial score (nSPS) is 18.0. The van der Waals surface area contributed by atoms with E-state index in [0.717, 1.165) is 5.56 Å². The summed E-state index contributed by atoms with van der Waals surface area (Å²) in [5.41, 5.74) is 1.57. The van der Waals surface area contributed by atoms with Gasteiger partial charge in [-0.3, -0.25) is 0 Å². The summed E-state index contributed by atoms with van der Waals surface area (Å²) < 4.78 is 10.2. The van der Waals surface area contributed by atoms with Crippen LogP contribution in [0.1, 0.15) is 19.4 Å². The lowest BCUT2D eigenvalue weighted by atomic mass is 10.2. The minimum Gasteiger partial charge on any atom is -0.463 e. The zero-order valence-corrected chi connectivity index (χ0v) is 13.5. The first-order valence-electron chi connectivity index (χ1n) is 7.71. The lowest BCUT2D eigenvalue weighted by Crippen LogP contribution is -2.46. The highest BCUT2D eigenvalue weighted by atomic mass is 16.5. The molecule has 1 N–H and O–H groups in total. The van der Waals surface area contributed by atoms with Crippen LogP contribution < -0.4 is 5.32 Å². The smallest absolute Gasteiger partial charge is 0.330 e. The molecule has 0 spiro atoms. The third-order valence-corrected chi connectivity index (χ3v) is 3.39. The Labute approximate surface area is 136 Å². The van der Waals surface area contributed by atoms with Gasteiger partial charge >= 0.3 is 12.0 Å². The highest BCUT2D eigenvalue weighted by Gasteiger charge is 2.21. The lowest BCUT2D eigenvalue weighted by molar-refractivity contribution is -0.137. The Hall–Kier alpha value is -2.34. The standard InChI is InChI=1S/C17H22N2O4/c1-3-22-16(20)9-6-14-4-7-15(8-5-14)18-17(21)19-10-11-23-13(2)12-19/h4-9,13H,3,10-12H2,1-2H3,(H,18,21)/b9-6-/t13-/m0/s1. The van der Waals surface area contributed by atoms with E-state index in [-0.39, 0.29) is 18.1 Å². The van der Waals surface area contributed by atoms with Gasteiger partial charge in [0.2, 0.25) is 0 Å². The number of carbonyl (C=O) groups excluding carboxylic acids is 2. The van der Waals surface area contributed by atoms with Crippen molar-refractivity contribution in [3.63, 3.8) is 0 Å². The van der Waals surface area contributed by atoms with E-state index in [1.807, 2.05) is 19.1 Å². The molecule has 0 aliphatic carbocycles. The molecule has 1 heterocycles. The van der Waals surface area contributed by atoms with Crippen molar-refractivity contribution >= 4 is 23.8 Å². The number of nitrogens with zero attached hydrogens (tertiary/aromatic N) is 1. The summed E-state index contributed by atoms with van der Waals surface area (Å²) in [5.74, 6) is -0.369. The minimum atomic E-state index is -0.369. The van der Waals surface area contributed by atoms with E-state index in [2.05, 4.69) is 5.32 Å². The van der Waals surface area contributed by atoms with Crippen molar-refractivity contribution in [3.05, 3.63) is 35.9 Å². The van der Waals surface area contributed by atoms with Crippen molar-refractivity contribution in [2.24, 2.45) is 0 Å². The Morgan fingerprint density at radius 1 is 1.39 bits per heavy atom. The summed E-state index contributed by atoms with van der Waals surface area (Å²) in [6.45, 7) is 5.81. The lowest BCUT2D eigenvalue weighted by Gasteiger charge is -2.31. The number of carbonyl (C=O) groups is 2. The largest absolute Gasteiger partial charge is 0.463 e. The van der Waals surface area contributed by atoms with E-state index in [9.17, 15) is 9.59 Å². The van der Waals surface area contributed by atoms with E-state index in [4.69, 9.17) is 9.47 Å². The van der Waals surface area contributed by atoms with Crippen LogP contribution in [0.25, 0.3) is 6.08 Å². The number of urea groups is 1. The first kappa shape index (κ1) is 17.0. The molecule has 0 aromatic heterocycles. The maximum Gasteiger partial charge on any atom is 0.330 e. The van der Waals surface area contributed by atoms with Crippen molar-refractivity contribution < 1.29 is 19.1 Å². The average molecular weight is 318 g/mol. The number of amides is 2. The van der Waals surface area contributed by atoms with Crippen LogP contribution in [0.4, 0.5) is 10.5 Å². The number of benzene rings is 1. The second-order valence-corrected chi connectivity index (χ2v) is 5.26. The summed E-state index contributed by atoms with van der Waals surface area (Å²) in [6.07, 6.45) is 3.12. The molecule has 1 aliphatic heterocycles. The topological polar surface area (TPSA) is 67.9 Å². The third-order valence-electron chi connectivity index (χ3n) is 3.39. The summed E-state index contributed by atoms with van der Waals surface area (Å²) in [5, 5.41) is 2.86. The van der Waals surface area contributed by atoms with E-state index >= 15 is 0 Å². The molecule has 0 unspecified atom stereocenters. The molecule has 23 heavy (non-hydrogen) atoms. The quantitative estimate of drug-likeness (QED) is 0.684. The predicted octanol–water partition coefficient (Wildman–Crippen LogP) is 2.52. The van der Waals surface area contributed by atoms with Gasteiger partial charge in [-0.05, 0) is 37.6 Å². The Balaban J connectivity index is 1.89. The van der Waals surface area contributed by atoms with Crippen LogP contribution >= 0.6 is 0 Å². The second kappa shape index (κ2) is 8.33. The summed E-state index contributed by atoms with van der Waals surface area (Å²) in [4.78, 5) is 25.2. The Bertz CT molecular complexity index is 568. The van der Waals surface area contributed by atoms with Crippen molar-refractivity contribution in [2.75, 3.05) is 31.6 Å². The number of ether oxygens (including phenoxy) is 2. The molecule has 0 radical (unpaired) electrons. The van der Waals surface area contributed by atoms with Gasteiger partial charge in [0.15, 0.2) is 0 Å². The molecule has 124 valence electrons. The zero-order chi connectivity index (χ0) is 16.7. The first-order chi connectivity index (χ1) is 11.1. The molecule has 6 heteroatoms. The SMILES string of the molecule is CCOC(=O)/C=C\c1ccc(NC(=O)N2CCO[C@@H](C)C2)cc1. The van der Waals surface area contributed by atoms with Crippen molar-refractivity contribution in [1.82, 2.24) is 4.90 Å². The molecule has 0 bridgehead atoms. The van der Waals surface area contributed by atoms with Gasteiger partial charge in [-0.1, -0.05) is 12.1 Å².